The van der Waals surface area contributed by atoms with Gasteiger partial charge in [-0.3, -0.25) is 36.6 Å². The van der Waals surface area contributed by atoms with Crippen molar-refractivity contribution in [1.29, 1.82) is 0 Å². The third-order valence-electron chi connectivity index (χ3n) is 10.6. The molecule has 0 fully saturated rings. The summed E-state index contributed by atoms with van der Waals surface area (Å²) < 4.78 is 126. The van der Waals surface area contributed by atoms with Crippen LogP contribution in [0.25, 0.3) is 22.3 Å². The van der Waals surface area contributed by atoms with Gasteiger partial charge in [-0.1, -0.05) is 48.5 Å². The van der Waals surface area contributed by atoms with E-state index >= 15 is 0 Å². The van der Waals surface area contributed by atoms with Crippen molar-refractivity contribution < 1.29 is 70.3 Å². The Bertz CT molecular complexity index is 3550. The molecule has 0 spiro atoms. The third kappa shape index (κ3) is 14.5. The molecule has 6 aromatic carbocycles. The summed E-state index contributed by atoms with van der Waals surface area (Å²) >= 11 is 0. The van der Waals surface area contributed by atoms with Crippen LogP contribution >= 0.6 is 0 Å². The van der Waals surface area contributed by atoms with Gasteiger partial charge in [0.05, 0.1) is 14.2 Å². The molecule has 0 aromatic heterocycles. The molecule has 0 saturated carbocycles. The van der Waals surface area contributed by atoms with Gasteiger partial charge in [0.15, 0.2) is 11.6 Å². The van der Waals surface area contributed by atoms with Crippen molar-refractivity contribution in [2.45, 2.75) is 35.1 Å². The molecule has 0 unspecified atom stereocenters. The summed E-state index contributed by atoms with van der Waals surface area (Å²) in [7, 11) is -12.3. The molecular weight excluding hydrogens is 1020 g/mol. The summed E-state index contributed by atoms with van der Waals surface area (Å²) in [5.41, 5.74) is 3.57. The number of nitrogens with one attached hydrogen (secondary N) is 4. The first-order valence-electron chi connectivity index (χ1n) is 21.0. The Balaban J connectivity index is 0.000000267. The van der Waals surface area contributed by atoms with Gasteiger partial charge >= 0.3 is 0 Å². The van der Waals surface area contributed by atoms with Crippen LogP contribution in [0.3, 0.4) is 0 Å². The fraction of sp³-hybridized carbons (Fsp3) is 0.167. The number of amides is 2. The van der Waals surface area contributed by atoms with Crippen LogP contribution < -0.4 is 21.3 Å². The molecule has 0 atom stereocenters. The lowest BCUT2D eigenvalue weighted by Gasteiger charge is -2.16. The van der Waals surface area contributed by atoms with Gasteiger partial charge < -0.3 is 21.3 Å². The lowest BCUT2D eigenvalue weighted by atomic mass is 9.99. The molecule has 20 nitrogen and oxygen atoms in total. The summed E-state index contributed by atoms with van der Waals surface area (Å²) in [5, 5.41) is 10.9. The van der Waals surface area contributed by atoms with Crippen molar-refractivity contribution in [2.24, 2.45) is 0 Å². The van der Waals surface area contributed by atoms with Crippen LogP contribution in [-0.4, -0.2) is 94.5 Å². The Labute approximate surface area is 416 Å². The lowest BCUT2D eigenvalue weighted by Crippen LogP contribution is -2.14. The second-order valence-electron chi connectivity index (χ2n) is 15.5. The minimum atomic E-state index is -4.44. The summed E-state index contributed by atoms with van der Waals surface area (Å²) in [6.07, 6.45) is 0. The first-order chi connectivity index (χ1) is 33.7. The highest BCUT2D eigenvalue weighted by Gasteiger charge is 2.26. The SMILES string of the molecule is CNc1ccc(-c2ccc(NC(=O)c3ccc(C(C)=O)cc3)cc2S(=O)(=O)OC)c(CS(=O)(=O)O)c1.CNc1ccc(-c2ccc(NC(=O)c3cccc(C(C)=O)c3)cc2S(=O)(=O)OC)c(CS(=O)(=O)O)c1. The predicted octanol–water partition coefficient (Wildman–Crippen LogP) is 7.15. The number of hydrogen-bond acceptors (Lipinski definition) is 16. The molecule has 380 valence electrons. The number of hydrogen-bond donors (Lipinski definition) is 6. The molecule has 6 rings (SSSR count). The molecule has 0 bridgehead atoms. The van der Waals surface area contributed by atoms with Crippen molar-refractivity contribution in [3.63, 3.8) is 0 Å². The van der Waals surface area contributed by atoms with Crippen molar-refractivity contribution >= 4 is 86.6 Å². The average Bonchev–Trinajstić information content (AvgIpc) is 3.33. The van der Waals surface area contributed by atoms with E-state index in [2.05, 4.69) is 21.3 Å². The summed E-state index contributed by atoms with van der Waals surface area (Å²) in [6, 6.07) is 29.3. The topological polar surface area (TPSA) is 312 Å². The van der Waals surface area contributed by atoms with Crippen molar-refractivity contribution in [2.75, 3.05) is 49.6 Å². The molecule has 0 aliphatic carbocycles. The van der Waals surface area contributed by atoms with E-state index in [1.165, 1.54) is 111 Å². The Morgan fingerprint density at radius 2 is 0.806 bits per heavy atom. The van der Waals surface area contributed by atoms with E-state index in [4.69, 9.17) is 8.37 Å². The van der Waals surface area contributed by atoms with Crippen LogP contribution in [0.4, 0.5) is 22.7 Å². The van der Waals surface area contributed by atoms with E-state index in [1.54, 1.807) is 38.4 Å². The number of carbonyl (C=O) groups is 4. The van der Waals surface area contributed by atoms with Gasteiger partial charge in [-0.05, 0) is 109 Å². The van der Waals surface area contributed by atoms with E-state index < -0.39 is 63.8 Å². The summed E-state index contributed by atoms with van der Waals surface area (Å²) in [4.78, 5) is 47.9. The zero-order valence-corrected chi connectivity index (χ0v) is 42.5. The molecule has 0 saturated heterocycles. The first-order valence-corrected chi connectivity index (χ1v) is 27.0. The van der Waals surface area contributed by atoms with Gasteiger partial charge in [0, 0.05) is 70.2 Å². The second-order valence-corrected chi connectivity index (χ2v) is 21.8. The van der Waals surface area contributed by atoms with Crippen molar-refractivity contribution in [3.8, 4) is 22.3 Å². The summed E-state index contributed by atoms with van der Waals surface area (Å²) in [5.74, 6) is -2.98. The number of benzene rings is 6. The number of anilines is 4. The van der Waals surface area contributed by atoms with Crippen LogP contribution in [-0.2, 0) is 60.3 Å². The van der Waals surface area contributed by atoms with E-state index in [1.807, 2.05) is 0 Å². The maximum Gasteiger partial charge on any atom is 0.297 e. The number of Topliss-reactive ketones (excluding diaryl/α,β-unsaturated/α-hetero) is 2. The van der Waals surface area contributed by atoms with Gasteiger partial charge in [0.1, 0.15) is 21.3 Å². The molecule has 24 heteroatoms. The largest absolute Gasteiger partial charge is 0.388 e. The molecule has 6 N–H and O–H groups in total. The van der Waals surface area contributed by atoms with Crippen LogP contribution in [0.1, 0.15) is 66.4 Å². The van der Waals surface area contributed by atoms with Crippen molar-refractivity contribution in [3.05, 3.63) is 155 Å². The van der Waals surface area contributed by atoms with E-state index in [9.17, 15) is 62.0 Å². The molecule has 0 aliphatic heterocycles. The highest BCUT2D eigenvalue weighted by Crippen LogP contribution is 2.37. The zero-order valence-electron chi connectivity index (χ0n) is 39.2. The smallest absolute Gasteiger partial charge is 0.297 e. The van der Waals surface area contributed by atoms with E-state index in [0.29, 0.717) is 22.5 Å². The Morgan fingerprint density at radius 1 is 0.444 bits per heavy atom. The second kappa shape index (κ2) is 22.9. The normalized spacial score (nSPS) is 11.7. The maximum atomic E-state index is 12.8. The Hall–Kier alpha value is -7.16. The molecule has 2 amide bonds. The van der Waals surface area contributed by atoms with Gasteiger partial charge in [-0.2, -0.15) is 33.7 Å². The standard InChI is InChI=1S/2C24H24N2O8S2/c1-15(27)16-4-6-17(7-5-16)24(28)26-20-9-11-22(23(13-20)36(32,33)34-3)21-10-8-19(25-2)12-18(21)14-35(29,30)31;1-15(27)16-5-4-6-17(11-16)24(28)26-20-8-10-22(23(13-20)36(32,33)34-3)21-9-7-19(25-2)12-18(21)14-35(29,30)31/h2*4-13,25H,14H2,1-3H3,(H,26,28)(H,29,30,31). The molecule has 0 heterocycles. The minimum absolute atomic E-state index is 0.106. The quantitative estimate of drug-likeness (QED) is 0.0283. The van der Waals surface area contributed by atoms with Gasteiger partial charge in [0.25, 0.3) is 52.3 Å². The highest BCUT2D eigenvalue weighted by molar-refractivity contribution is 7.87. The van der Waals surface area contributed by atoms with Crippen LogP contribution in [0.2, 0.25) is 0 Å². The van der Waals surface area contributed by atoms with Crippen LogP contribution in [0.15, 0.2) is 131 Å². The minimum Gasteiger partial charge on any atom is -0.388 e. The fourth-order valence-electron chi connectivity index (χ4n) is 7.04. The summed E-state index contributed by atoms with van der Waals surface area (Å²) in [6.45, 7) is 2.78. The molecule has 0 aliphatic rings. The van der Waals surface area contributed by atoms with Gasteiger partial charge in [-0.25, -0.2) is 0 Å². The molecule has 6 aromatic rings. The zero-order chi connectivity index (χ0) is 53.3. The van der Waals surface area contributed by atoms with Crippen LogP contribution in [0, 0.1) is 0 Å². The molecule has 0 radical (unpaired) electrons. The Morgan fingerprint density at radius 3 is 1.18 bits per heavy atom. The predicted molar refractivity (Wildman–Crippen MR) is 271 cm³/mol. The Kier molecular flexibility index (Phi) is 17.8. The lowest BCUT2D eigenvalue weighted by molar-refractivity contribution is 0.100. The fourth-order valence-corrected chi connectivity index (χ4v) is 10.1. The average molecular weight is 1070 g/mol. The van der Waals surface area contributed by atoms with Gasteiger partial charge in [-0.15, -0.1) is 0 Å². The van der Waals surface area contributed by atoms with E-state index in [0.717, 1.165) is 14.2 Å². The number of ketones is 2. The molecular formula is C48H48N4O16S4. The highest BCUT2D eigenvalue weighted by atomic mass is 32.2. The number of rotatable bonds is 18. The number of carbonyl (C=O) groups excluding carboxylic acids is 4. The monoisotopic (exact) mass is 1060 g/mol. The third-order valence-corrected chi connectivity index (χ3v) is 14.6. The maximum absolute atomic E-state index is 12.8. The van der Waals surface area contributed by atoms with Gasteiger partial charge in [0.2, 0.25) is 0 Å². The van der Waals surface area contributed by atoms with Crippen molar-refractivity contribution in [1.82, 2.24) is 0 Å². The van der Waals surface area contributed by atoms with E-state index in [-0.39, 0.29) is 77.2 Å². The first kappa shape index (κ1) is 55.8. The molecule has 72 heavy (non-hydrogen) atoms. The van der Waals surface area contributed by atoms with Crippen LogP contribution in [0.5, 0.6) is 0 Å².